The Kier molecular flexibility index (Phi) is 5.61. The van der Waals surface area contributed by atoms with Crippen LogP contribution in [-0.2, 0) is 4.79 Å². The Labute approximate surface area is 108 Å². The number of hydrogen-bond donors (Lipinski definition) is 2. The zero-order valence-corrected chi connectivity index (χ0v) is 11.2. The molecule has 1 amide bonds. The molecule has 2 rings (SSSR count). The van der Waals surface area contributed by atoms with Gasteiger partial charge in [-0.3, -0.25) is 9.69 Å². The Hall–Kier alpha value is -0.260. The van der Waals surface area contributed by atoms with E-state index in [0.717, 1.165) is 26.1 Å². The lowest BCUT2D eigenvalue weighted by atomic mass is 10.0. The van der Waals surface area contributed by atoms with Crippen molar-refractivity contribution in [2.45, 2.75) is 25.3 Å². The van der Waals surface area contributed by atoms with E-state index in [2.05, 4.69) is 15.5 Å². The molecule has 0 aliphatic carbocycles. The standard InChI is InChI=1S/C12H23N3OS/c16-12(11-3-1-2-4-13-11)14-5-6-15-7-9-17-10-8-15/h11,13H,1-10H2,(H,14,16)/t11-/m0/s1. The molecule has 0 aromatic heterocycles. The molecule has 0 aromatic rings. The van der Waals surface area contributed by atoms with E-state index in [4.69, 9.17) is 0 Å². The Bertz CT molecular complexity index is 238. The van der Waals surface area contributed by atoms with Crippen molar-refractivity contribution in [1.29, 1.82) is 0 Å². The molecule has 0 bridgehead atoms. The summed E-state index contributed by atoms with van der Waals surface area (Å²) in [7, 11) is 0. The van der Waals surface area contributed by atoms with E-state index in [-0.39, 0.29) is 11.9 Å². The minimum absolute atomic E-state index is 0.0562. The summed E-state index contributed by atoms with van der Waals surface area (Å²) in [5.74, 6) is 2.66. The summed E-state index contributed by atoms with van der Waals surface area (Å²) >= 11 is 2.02. The van der Waals surface area contributed by atoms with Crippen LogP contribution in [0.15, 0.2) is 0 Å². The first-order valence-corrected chi connectivity index (χ1v) is 7.83. The summed E-state index contributed by atoms with van der Waals surface area (Å²) < 4.78 is 0. The second kappa shape index (κ2) is 7.24. The van der Waals surface area contributed by atoms with Crippen LogP contribution in [0.3, 0.4) is 0 Å². The third-order valence-corrected chi connectivity index (χ3v) is 4.40. The molecule has 0 saturated carbocycles. The van der Waals surface area contributed by atoms with Gasteiger partial charge in [-0.25, -0.2) is 0 Å². The van der Waals surface area contributed by atoms with Crippen LogP contribution in [0.1, 0.15) is 19.3 Å². The van der Waals surface area contributed by atoms with Gasteiger partial charge in [-0.2, -0.15) is 11.8 Å². The highest BCUT2D eigenvalue weighted by molar-refractivity contribution is 7.99. The van der Waals surface area contributed by atoms with Crippen LogP contribution in [-0.4, -0.2) is 61.1 Å². The molecule has 2 fully saturated rings. The first kappa shape index (κ1) is 13.2. The predicted molar refractivity (Wildman–Crippen MR) is 72.4 cm³/mol. The molecule has 4 nitrogen and oxygen atoms in total. The van der Waals surface area contributed by atoms with Crippen molar-refractivity contribution < 1.29 is 4.79 Å². The molecular weight excluding hydrogens is 234 g/mol. The number of rotatable bonds is 4. The highest BCUT2D eigenvalue weighted by atomic mass is 32.2. The number of carbonyl (C=O) groups is 1. The molecule has 0 unspecified atom stereocenters. The van der Waals surface area contributed by atoms with Crippen LogP contribution in [0, 0.1) is 0 Å². The molecule has 5 heteroatoms. The lowest BCUT2D eigenvalue weighted by Crippen LogP contribution is -2.48. The van der Waals surface area contributed by atoms with Crippen LogP contribution in [0.4, 0.5) is 0 Å². The number of piperidine rings is 1. The fourth-order valence-electron chi connectivity index (χ4n) is 2.36. The molecule has 2 saturated heterocycles. The molecule has 1 atom stereocenters. The smallest absolute Gasteiger partial charge is 0.237 e. The van der Waals surface area contributed by atoms with Crippen molar-refractivity contribution in [3.8, 4) is 0 Å². The second-order valence-corrected chi connectivity index (χ2v) is 5.97. The van der Waals surface area contributed by atoms with Gasteiger partial charge in [0.05, 0.1) is 6.04 Å². The SMILES string of the molecule is O=C(NCCN1CCSCC1)[C@@H]1CCCCN1. The second-order valence-electron chi connectivity index (χ2n) is 4.75. The van der Waals surface area contributed by atoms with Gasteiger partial charge in [0.2, 0.25) is 5.91 Å². The molecular formula is C12H23N3OS. The van der Waals surface area contributed by atoms with E-state index >= 15 is 0 Å². The fraction of sp³-hybridized carbons (Fsp3) is 0.917. The molecule has 2 N–H and O–H groups in total. The van der Waals surface area contributed by atoms with Gasteiger partial charge < -0.3 is 10.6 Å². The van der Waals surface area contributed by atoms with Gasteiger partial charge in [-0.15, -0.1) is 0 Å². The van der Waals surface area contributed by atoms with E-state index in [1.54, 1.807) is 0 Å². The molecule has 2 aliphatic rings. The van der Waals surface area contributed by atoms with Gasteiger partial charge in [-0.1, -0.05) is 6.42 Å². The van der Waals surface area contributed by atoms with Crippen LogP contribution in [0.25, 0.3) is 0 Å². The summed E-state index contributed by atoms with van der Waals surface area (Å²) in [5.41, 5.74) is 0. The lowest BCUT2D eigenvalue weighted by Gasteiger charge is -2.27. The molecule has 0 radical (unpaired) electrons. The van der Waals surface area contributed by atoms with Crippen LogP contribution >= 0.6 is 11.8 Å². The first-order valence-electron chi connectivity index (χ1n) is 6.67. The maximum atomic E-state index is 11.8. The molecule has 2 heterocycles. The molecule has 0 aromatic carbocycles. The third-order valence-electron chi connectivity index (χ3n) is 3.46. The highest BCUT2D eigenvalue weighted by Crippen LogP contribution is 2.08. The number of nitrogens with one attached hydrogen (secondary N) is 2. The normalized spacial score (nSPS) is 26.7. The topological polar surface area (TPSA) is 44.4 Å². The Morgan fingerprint density at radius 1 is 1.35 bits per heavy atom. The summed E-state index contributed by atoms with van der Waals surface area (Å²) in [5, 5.41) is 6.33. The molecule has 17 heavy (non-hydrogen) atoms. The molecule has 98 valence electrons. The zero-order valence-electron chi connectivity index (χ0n) is 10.4. The van der Waals surface area contributed by atoms with Crippen LogP contribution in [0.5, 0.6) is 0 Å². The highest BCUT2D eigenvalue weighted by Gasteiger charge is 2.20. The summed E-state index contributed by atoms with van der Waals surface area (Å²) in [6.07, 6.45) is 3.37. The Balaban J connectivity index is 1.58. The van der Waals surface area contributed by atoms with Gasteiger partial charge in [0.1, 0.15) is 0 Å². The molecule has 2 aliphatic heterocycles. The van der Waals surface area contributed by atoms with E-state index < -0.39 is 0 Å². The quantitative estimate of drug-likeness (QED) is 0.760. The van der Waals surface area contributed by atoms with Gasteiger partial charge in [0, 0.05) is 37.7 Å². The van der Waals surface area contributed by atoms with E-state index in [1.165, 1.54) is 37.4 Å². The average Bonchev–Trinajstić information content (AvgIpc) is 2.41. The Morgan fingerprint density at radius 3 is 2.88 bits per heavy atom. The summed E-state index contributed by atoms with van der Waals surface area (Å²) in [4.78, 5) is 14.3. The summed E-state index contributed by atoms with van der Waals surface area (Å²) in [6, 6.07) is 0.0562. The van der Waals surface area contributed by atoms with E-state index in [9.17, 15) is 4.79 Å². The van der Waals surface area contributed by atoms with E-state index in [0.29, 0.717) is 0 Å². The van der Waals surface area contributed by atoms with Gasteiger partial charge in [0.25, 0.3) is 0 Å². The largest absolute Gasteiger partial charge is 0.353 e. The first-order chi connectivity index (χ1) is 8.36. The number of hydrogen-bond acceptors (Lipinski definition) is 4. The van der Waals surface area contributed by atoms with Crippen molar-refractivity contribution in [2.75, 3.05) is 44.2 Å². The van der Waals surface area contributed by atoms with Crippen molar-refractivity contribution in [3.05, 3.63) is 0 Å². The predicted octanol–water partition coefficient (Wildman–Crippen LogP) is 0.294. The fourth-order valence-corrected chi connectivity index (χ4v) is 3.34. The van der Waals surface area contributed by atoms with Gasteiger partial charge in [0.15, 0.2) is 0 Å². The number of nitrogens with zero attached hydrogens (tertiary/aromatic N) is 1. The van der Waals surface area contributed by atoms with Crippen molar-refractivity contribution in [1.82, 2.24) is 15.5 Å². The monoisotopic (exact) mass is 257 g/mol. The number of amides is 1. The Morgan fingerprint density at radius 2 is 2.18 bits per heavy atom. The van der Waals surface area contributed by atoms with E-state index in [1.807, 2.05) is 11.8 Å². The van der Waals surface area contributed by atoms with Gasteiger partial charge in [-0.05, 0) is 19.4 Å². The average molecular weight is 257 g/mol. The lowest BCUT2D eigenvalue weighted by molar-refractivity contribution is -0.123. The van der Waals surface area contributed by atoms with Crippen molar-refractivity contribution in [3.63, 3.8) is 0 Å². The van der Waals surface area contributed by atoms with Crippen LogP contribution in [0.2, 0.25) is 0 Å². The zero-order chi connectivity index (χ0) is 11.9. The summed E-state index contributed by atoms with van der Waals surface area (Å²) in [6.45, 7) is 5.12. The number of carbonyl (C=O) groups excluding carboxylic acids is 1. The number of thioether (sulfide) groups is 1. The minimum Gasteiger partial charge on any atom is -0.353 e. The van der Waals surface area contributed by atoms with Crippen molar-refractivity contribution >= 4 is 17.7 Å². The maximum absolute atomic E-state index is 11.8. The van der Waals surface area contributed by atoms with Crippen LogP contribution < -0.4 is 10.6 Å². The maximum Gasteiger partial charge on any atom is 0.237 e. The van der Waals surface area contributed by atoms with Gasteiger partial charge >= 0.3 is 0 Å². The third kappa shape index (κ3) is 4.48. The van der Waals surface area contributed by atoms with Crippen molar-refractivity contribution in [2.24, 2.45) is 0 Å². The molecule has 0 spiro atoms. The minimum atomic E-state index is 0.0562.